The summed E-state index contributed by atoms with van der Waals surface area (Å²) in [6.45, 7) is -0.227. The molecule has 1 atom stereocenters. The van der Waals surface area contributed by atoms with E-state index >= 15 is 0 Å². The molecule has 1 amide bonds. The fourth-order valence-corrected chi connectivity index (χ4v) is 2.56. The van der Waals surface area contributed by atoms with E-state index in [1.807, 2.05) is 0 Å². The summed E-state index contributed by atoms with van der Waals surface area (Å²) in [6, 6.07) is 9.80. The third kappa shape index (κ3) is 8.01. The van der Waals surface area contributed by atoms with Crippen LogP contribution >= 0.6 is 0 Å². The highest BCUT2D eigenvalue weighted by atomic mass is 19.4. The summed E-state index contributed by atoms with van der Waals surface area (Å²) >= 11 is 0. The van der Waals surface area contributed by atoms with Crippen LogP contribution in [0.5, 0.6) is 11.5 Å². The van der Waals surface area contributed by atoms with Crippen molar-refractivity contribution in [3.8, 4) is 11.5 Å². The highest BCUT2D eigenvalue weighted by Gasteiger charge is 2.30. The molecule has 2 rings (SSSR count). The van der Waals surface area contributed by atoms with Crippen LogP contribution in [0.25, 0.3) is 12.2 Å². The molecule has 2 aromatic rings. The van der Waals surface area contributed by atoms with Gasteiger partial charge in [0.15, 0.2) is 0 Å². The van der Waals surface area contributed by atoms with Gasteiger partial charge in [0, 0.05) is 17.7 Å². The average molecular weight is 439 g/mol. The van der Waals surface area contributed by atoms with E-state index in [9.17, 15) is 27.9 Å². The molecule has 0 saturated carbocycles. The second kappa shape index (κ2) is 10.5. The number of benzene rings is 2. The highest BCUT2D eigenvalue weighted by Crippen LogP contribution is 2.25. The van der Waals surface area contributed by atoms with E-state index < -0.39 is 30.8 Å². The Bertz CT molecular complexity index is 941. The lowest BCUT2D eigenvalue weighted by atomic mass is 10.1. The normalized spacial score (nSPS) is 12.4. The Kier molecular flexibility index (Phi) is 8.03. The highest BCUT2D eigenvalue weighted by molar-refractivity contribution is 5.95. The molecule has 0 aliphatic heterocycles. The number of halogens is 3. The number of aliphatic carboxylic acids is 1. The van der Waals surface area contributed by atoms with Crippen molar-refractivity contribution in [3.05, 3.63) is 59.2 Å². The average Bonchev–Trinajstić information content (AvgIpc) is 2.69. The zero-order valence-corrected chi connectivity index (χ0v) is 16.3. The van der Waals surface area contributed by atoms with Crippen LogP contribution in [0, 0.1) is 0 Å². The largest absolute Gasteiger partial charge is 0.573 e. The number of hydrogen-bond acceptors (Lipinski definition) is 5. The van der Waals surface area contributed by atoms with Crippen molar-refractivity contribution in [1.29, 1.82) is 0 Å². The minimum absolute atomic E-state index is 0.227. The Morgan fingerprint density at radius 1 is 1.13 bits per heavy atom. The van der Waals surface area contributed by atoms with Crippen molar-refractivity contribution >= 4 is 24.0 Å². The van der Waals surface area contributed by atoms with Gasteiger partial charge in [-0.1, -0.05) is 24.3 Å². The molecule has 0 fully saturated rings. The first-order chi connectivity index (χ1) is 14.6. The molecule has 0 aliphatic carbocycles. The van der Waals surface area contributed by atoms with Gasteiger partial charge >= 0.3 is 12.3 Å². The molecule has 0 aliphatic rings. The Hall–Kier alpha value is -3.53. The smallest absolute Gasteiger partial charge is 0.496 e. The molecule has 0 radical (unpaired) electrons. The zero-order chi connectivity index (χ0) is 23.0. The number of carbonyl (C=O) groups is 2. The number of carboxylic acids is 1. The molecule has 166 valence electrons. The predicted octanol–water partition coefficient (Wildman–Crippen LogP) is 3.33. The zero-order valence-electron chi connectivity index (χ0n) is 16.3. The fraction of sp³-hybridized carbons (Fsp3) is 0.238. The van der Waals surface area contributed by atoms with E-state index in [1.165, 1.54) is 43.5 Å². The van der Waals surface area contributed by atoms with E-state index in [0.717, 1.165) is 0 Å². The number of alkyl halides is 3. The van der Waals surface area contributed by atoms with Crippen LogP contribution in [-0.4, -0.2) is 48.2 Å². The minimum Gasteiger partial charge on any atom is -0.496 e. The molecule has 7 nitrogen and oxygen atoms in total. The van der Waals surface area contributed by atoms with E-state index in [1.54, 1.807) is 18.2 Å². The minimum atomic E-state index is -4.77. The van der Waals surface area contributed by atoms with Crippen molar-refractivity contribution in [2.24, 2.45) is 0 Å². The molecule has 1 unspecified atom stereocenters. The first-order valence-electron chi connectivity index (χ1n) is 8.97. The summed E-state index contributed by atoms with van der Waals surface area (Å²) in [7, 11) is 1.44. The van der Waals surface area contributed by atoms with E-state index in [0.29, 0.717) is 16.9 Å². The number of hydrogen-bond donors (Lipinski definition) is 3. The van der Waals surface area contributed by atoms with Gasteiger partial charge in [0.05, 0.1) is 19.6 Å². The summed E-state index contributed by atoms with van der Waals surface area (Å²) in [5.41, 5.74) is 1.36. The van der Waals surface area contributed by atoms with Crippen molar-refractivity contribution in [2.75, 3.05) is 13.7 Å². The van der Waals surface area contributed by atoms with E-state index in [-0.39, 0.29) is 17.9 Å². The van der Waals surface area contributed by atoms with Crippen LogP contribution in [-0.2, 0) is 4.79 Å². The number of carbonyl (C=O) groups excluding carboxylic acids is 1. The van der Waals surface area contributed by atoms with Crippen molar-refractivity contribution < 1.29 is 42.4 Å². The number of ether oxygens (including phenoxy) is 2. The van der Waals surface area contributed by atoms with Gasteiger partial charge in [0.25, 0.3) is 5.91 Å². The van der Waals surface area contributed by atoms with Crippen LogP contribution in [0.3, 0.4) is 0 Å². The summed E-state index contributed by atoms with van der Waals surface area (Å²) in [5.74, 6) is -1.59. The molecule has 10 heteroatoms. The molecule has 0 spiro atoms. The molecule has 0 saturated heterocycles. The maximum Gasteiger partial charge on any atom is 0.573 e. The number of aliphatic hydroxyl groups is 1. The second-order valence-corrected chi connectivity index (χ2v) is 6.37. The molecule has 3 N–H and O–H groups in total. The Labute approximate surface area is 175 Å². The fourth-order valence-electron chi connectivity index (χ4n) is 2.56. The molecular weight excluding hydrogens is 419 g/mol. The molecule has 31 heavy (non-hydrogen) atoms. The van der Waals surface area contributed by atoms with Gasteiger partial charge in [-0.3, -0.25) is 9.59 Å². The Morgan fingerprint density at radius 2 is 1.81 bits per heavy atom. The second-order valence-electron chi connectivity index (χ2n) is 6.37. The van der Waals surface area contributed by atoms with Crippen LogP contribution in [0.15, 0.2) is 42.5 Å². The van der Waals surface area contributed by atoms with Gasteiger partial charge in [-0.25, -0.2) is 0 Å². The first kappa shape index (κ1) is 23.7. The van der Waals surface area contributed by atoms with Crippen molar-refractivity contribution in [1.82, 2.24) is 5.32 Å². The topological polar surface area (TPSA) is 105 Å². The predicted molar refractivity (Wildman–Crippen MR) is 106 cm³/mol. The number of aliphatic hydroxyl groups excluding tert-OH is 1. The van der Waals surface area contributed by atoms with Gasteiger partial charge in [-0.2, -0.15) is 0 Å². The summed E-state index contributed by atoms with van der Waals surface area (Å²) in [5, 5.41) is 20.6. The number of rotatable bonds is 9. The molecular formula is C21H20F3NO6. The van der Waals surface area contributed by atoms with Crippen molar-refractivity contribution in [3.63, 3.8) is 0 Å². The van der Waals surface area contributed by atoms with E-state index in [2.05, 4.69) is 10.1 Å². The SMILES string of the molecule is COc1ccc(C(=O)NCC(O)CC(=O)O)cc1C=Cc1ccc(OC(F)(F)F)cc1. The third-order valence-electron chi connectivity index (χ3n) is 3.97. The number of amides is 1. The molecule has 0 bridgehead atoms. The maximum atomic E-state index is 12.3. The monoisotopic (exact) mass is 439 g/mol. The lowest BCUT2D eigenvalue weighted by molar-refractivity contribution is -0.274. The number of nitrogens with one attached hydrogen (secondary N) is 1. The maximum absolute atomic E-state index is 12.3. The molecule has 2 aromatic carbocycles. The van der Waals surface area contributed by atoms with Gasteiger partial charge in [-0.15, -0.1) is 13.2 Å². The molecule has 0 heterocycles. The van der Waals surface area contributed by atoms with E-state index in [4.69, 9.17) is 9.84 Å². The summed E-state index contributed by atoms with van der Waals surface area (Å²) in [6.07, 6.45) is -3.25. The number of carboxylic acid groups (broad SMARTS) is 1. The number of methoxy groups -OCH3 is 1. The van der Waals surface area contributed by atoms with Gasteiger partial charge in [-0.05, 0) is 35.9 Å². The lowest BCUT2D eigenvalue weighted by Gasteiger charge is -2.11. The van der Waals surface area contributed by atoms with Gasteiger partial charge < -0.3 is 25.0 Å². The van der Waals surface area contributed by atoms with Crippen LogP contribution in [0.1, 0.15) is 27.9 Å². The van der Waals surface area contributed by atoms with Crippen LogP contribution in [0.4, 0.5) is 13.2 Å². The summed E-state index contributed by atoms with van der Waals surface area (Å²) in [4.78, 5) is 22.8. The van der Waals surface area contributed by atoms with Crippen LogP contribution in [0.2, 0.25) is 0 Å². The quantitative estimate of drug-likeness (QED) is 0.518. The Balaban J connectivity index is 2.11. The third-order valence-corrected chi connectivity index (χ3v) is 3.97. The van der Waals surface area contributed by atoms with Gasteiger partial charge in [0.2, 0.25) is 0 Å². The summed E-state index contributed by atoms with van der Waals surface area (Å²) < 4.78 is 45.8. The Morgan fingerprint density at radius 3 is 2.39 bits per heavy atom. The van der Waals surface area contributed by atoms with Crippen LogP contribution < -0.4 is 14.8 Å². The van der Waals surface area contributed by atoms with Gasteiger partial charge in [0.1, 0.15) is 11.5 Å². The van der Waals surface area contributed by atoms with Crippen molar-refractivity contribution in [2.45, 2.75) is 18.9 Å². The molecule has 0 aromatic heterocycles. The standard InChI is InChI=1S/C21H20F3NO6/c1-30-18-9-6-15(20(29)25-12-16(26)11-19(27)28)10-14(18)5-2-13-3-7-17(8-4-13)31-21(22,23)24/h2-10,16,26H,11-12H2,1H3,(H,25,29)(H,27,28). The first-order valence-corrected chi connectivity index (χ1v) is 8.97. The lowest BCUT2D eigenvalue weighted by Crippen LogP contribution is -2.33.